The SMILES string of the molecule is CC(=O)OCNc1ccc(Cn2cc(-c3ccc(Cl)cc3Cl)nc2Cc2ccc(Br)cc2)cc1. The maximum Gasteiger partial charge on any atom is 0.304 e. The summed E-state index contributed by atoms with van der Waals surface area (Å²) in [5, 5.41) is 4.21. The third-order valence-corrected chi connectivity index (χ3v) is 6.28. The molecule has 0 amide bonds. The molecule has 0 aliphatic heterocycles. The molecule has 1 heterocycles. The van der Waals surface area contributed by atoms with Crippen molar-refractivity contribution in [3.05, 3.63) is 104 Å². The average Bonchev–Trinajstić information content (AvgIpc) is 3.18. The van der Waals surface area contributed by atoms with Crippen LogP contribution in [0.5, 0.6) is 0 Å². The van der Waals surface area contributed by atoms with Gasteiger partial charge in [-0.1, -0.05) is 63.4 Å². The van der Waals surface area contributed by atoms with Crippen LogP contribution >= 0.6 is 39.1 Å². The van der Waals surface area contributed by atoms with Crippen molar-refractivity contribution < 1.29 is 9.53 Å². The number of rotatable bonds is 8. The van der Waals surface area contributed by atoms with Crippen LogP contribution in [-0.4, -0.2) is 22.3 Å². The summed E-state index contributed by atoms with van der Waals surface area (Å²) in [6.45, 7) is 2.17. The van der Waals surface area contributed by atoms with Gasteiger partial charge >= 0.3 is 5.97 Å². The Labute approximate surface area is 216 Å². The summed E-state index contributed by atoms with van der Waals surface area (Å²) in [7, 11) is 0. The van der Waals surface area contributed by atoms with Crippen molar-refractivity contribution in [1.82, 2.24) is 9.55 Å². The number of hydrogen-bond donors (Lipinski definition) is 1. The van der Waals surface area contributed by atoms with Gasteiger partial charge in [0, 0.05) is 46.8 Å². The van der Waals surface area contributed by atoms with Crippen molar-refractivity contribution in [1.29, 1.82) is 0 Å². The van der Waals surface area contributed by atoms with Crippen molar-refractivity contribution >= 4 is 50.8 Å². The Balaban J connectivity index is 1.59. The number of halogens is 3. The molecular weight excluding hydrogens is 537 g/mol. The van der Waals surface area contributed by atoms with E-state index in [0.717, 1.165) is 38.4 Å². The highest BCUT2D eigenvalue weighted by Gasteiger charge is 2.14. The molecule has 0 saturated carbocycles. The second kappa shape index (κ2) is 11.1. The lowest BCUT2D eigenvalue weighted by atomic mass is 10.1. The zero-order chi connectivity index (χ0) is 24.1. The Bertz CT molecular complexity index is 1290. The van der Waals surface area contributed by atoms with E-state index in [0.29, 0.717) is 23.0 Å². The first kappa shape index (κ1) is 24.3. The molecule has 0 spiro atoms. The number of carbonyl (C=O) groups is 1. The van der Waals surface area contributed by atoms with Crippen LogP contribution in [0.25, 0.3) is 11.3 Å². The van der Waals surface area contributed by atoms with Gasteiger partial charge in [0.2, 0.25) is 0 Å². The highest BCUT2D eigenvalue weighted by atomic mass is 79.9. The molecule has 1 aromatic heterocycles. The Morgan fingerprint density at radius 2 is 1.74 bits per heavy atom. The molecule has 8 heteroatoms. The predicted octanol–water partition coefficient (Wildman–Crippen LogP) is 7.19. The van der Waals surface area contributed by atoms with E-state index >= 15 is 0 Å². The number of ether oxygens (including phenoxy) is 1. The minimum Gasteiger partial charge on any atom is -0.445 e. The molecule has 4 aromatic rings. The standard InChI is InChI=1S/C26H22BrCl2N3O2/c1-17(33)34-16-30-22-9-4-19(5-10-22)14-32-15-25(23-11-8-21(28)13-24(23)29)31-26(32)12-18-2-6-20(27)7-3-18/h2-11,13,15,30H,12,14,16H2,1H3. The summed E-state index contributed by atoms with van der Waals surface area (Å²) in [4.78, 5) is 15.8. The summed E-state index contributed by atoms with van der Waals surface area (Å²) in [6, 6.07) is 21.7. The number of nitrogens with zero attached hydrogens (tertiary/aromatic N) is 2. The summed E-state index contributed by atoms with van der Waals surface area (Å²) in [5.41, 5.74) is 4.79. The lowest BCUT2D eigenvalue weighted by Crippen LogP contribution is -2.09. The molecule has 0 fully saturated rings. The lowest BCUT2D eigenvalue weighted by molar-refractivity contribution is -0.140. The van der Waals surface area contributed by atoms with E-state index in [4.69, 9.17) is 32.9 Å². The van der Waals surface area contributed by atoms with E-state index in [-0.39, 0.29) is 12.7 Å². The van der Waals surface area contributed by atoms with E-state index in [1.807, 2.05) is 54.7 Å². The van der Waals surface area contributed by atoms with Crippen molar-refractivity contribution in [2.24, 2.45) is 0 Å². The zero-order valence-corrected chi connectivity index (χ0v) is 21.5. The quantitative estimate of drug-likeness (QED) is 0.184. The molecule has 0 aliphatic rings. The number of aromatic nitrogens is 2. The van der Waals surface area contributed by atoms with E-state index in [1.165, 1.54) is 6.92 Å². The van der Waals surface area contributed by atoms with Crippen molar-refractivity contribution in [3.63, 3.8) is 0 Å². The molecule has 5 nitrogen and oxygen atoms in total. The van der Waals surface area contributed by atoms with Crippen molar-refractivity contribution in [2.45, 2.75) is 19.9 Å². The van der Waals surface area contributed by atoms with Gasteiger partial charge in [0.05, 0.1) is 10.7 Å². The van der Waals surface area contributed by atoms with Gasteiger partial charge in [-0.25, -0.2) is 4.98 Å². The third-order valence-electron chi connectivity index (χ3n) is 5.20. The van der Waals surface area contributed by atoms with Crippen LogP contribution in [0.3, 0.4) is 0 Å². The maximum atomic E-state index is 10.9. The zero-order valence-electron chi connectivity index (χ0n) is 18.4. The Hall–Kier alpha value is -2.80. The lowest BCUT2D eigenvalue weighted by Gasteiger charge is -2.10. The minimum atomic E-state index is -0.320. The van der Waals surface area contributed by atoms with E-state index in [9.17, 15) is 4.79 Å². The molecule has 0 saturated heterocycles. The summed E-state index contributed by atoms with van der Waals surface area (Å²) < 4.78 is 8.11. The third kappa shape index (κ3) is 6.41. The predicted molar refractivity (Wildman–Crippen MR) is 140 cm³/mol. The van der Waals surface area contributed by atoms with Crippen LogP contribution in [0, 0.1) is 0 Å². The van der Waals surface area contributed by atoms with Gasteiger partial charge in [0.15, 0.2) is 6.73 Å². The Kier molecular flexibility index (Phi) is 7.93. The molecule has 0 unspecified atom stereocenters. The molecule has 0 radical (unpaired) electrons. The van der Waals surface area contributed by atoms with Crippen LogP contribution in [0.2, 0.25) is 10.0 Å². The Morgan fingerprint density at radius 1 is 1.03 bits per heavy atom. The van der Waals surface area contributed by atoms with Crippen LogP contribution in [0.1, 0.15) is 23.9 Å². The van der Waals surface area contributed by atoms with Gasteiger partial charge in [0.25, 0.3) is 0 Å². The van der Waals surface area contributed by atoms with E-state index in [2.05, 4.69) is 37.9 Å². The van der Waals surface area contributed by atoms with Crippen molar-refractivity contribution in [3.8, 4) is 11.3 Å². The highest BCUT2D eigenvalue weighted by molar-refractivity contribution is 9.10. The van der Waals surface area contributed by atoms with Gasteiger partial charge in [-0.2, -0.15) is 0 Å². The molecule has 1 N–H and O–H groups in total. The second-order valence-corrected chi connectivity index (χ2v) is 9.51. The molecule has 0 aliphatic carbocycles. The average molecular weight is 559 g/mol. The van der Waals surface area contributed by atoms with Gasteiger partial charge in [-0.05, 0) is 53.6 Å². The topological polar surface area (TPSA) is 56.1 Å². The van der Waals surface area contributed by atoms with Crippen molar-refractivity contribution in [2.75, 3.05) is 12.0 Å². The van der Waals surface area contributed by atoms with Gasteiger partial charge in [-0.3, -0.25) is 4.79 Å². The first-order chi connectivity index (χ1) is 16.4. The molecule has 3 aromatic carbocycles. The molecule has 174 valence electrons. The number of esters is 1. The summed E-state index contributed by atoms with van der Waals surface area (Å²) in [5.74, 6) is 0.611. The highest BCUT2D eigenvalue weighted by Crippen LogP contribution is 2.30. The number of nitrogens with one attached hydrogen (secondary N) is 1. The first-order valence-corrected chi connectivity index (χ1v) is 12.1. The van der Waals surface area contributed by atoms with Crippen LogP contribution < -0.4 is 5.32 Å². The molecule has 34 heavy (non-hydrogen) atoms. The van der Waals surface area contributed by atoms with Crippen LogP contribution in [0.15, 0.2) is 77.4 Å². The number of benzene rings is 3. The fraction of sp³-hybridized carbons (Fsp3) is 0.154. The number of carbonyl (C=O) groups excluding carboxylic acids is 1. The normalized spacial score (nSPS) is 10.8. The summed E-state index contributed by atoms with van der Waals surface area (Å²) in [6.07, 6.45) is 2.71. The molecule has 4 rings (SSSR count). The molecule has 0 bridgehead atoms. The van der Waals surface area contributed by atoms with E-state index in [1.54, 1.807) is 6.07 Å². The largest absolute Gasteiger partial charge is 0.445 e. The van der Waals surface area contributed by atoms with Gasteiger partial charge in [0.1, 0.15) is 5.82 Å². The smallest absolute Gasteiger partial charge is 0.304 e. The molecule has 0 atom stereocenters. The van der Waals surface area contributed by atoms with Crippen LogP contribution in [0.4, 0.5) is 5.69 Å². The maximum absolute atomic E-state index is 10.9. The first-order valence-electron chi connectivity index (χ1n) is 10.6. The fourth-order valence-corrected chi connectivity index (χ4v) is 4.26. The monoisotopic (exact) mass is 557 g/mol. The van der Waals surface area contributed by atoms with Gasteiger partial charge < -0.3 is 14.6 Å². The number of imidazole rings is 1. The summed E-state index contributed by atoms with van der Waals surface area (Å²) >= 11 is 16.0. The molecular formula is C26H22BrCl2N3O2. The number of anilines is 1. The fourth-order valence-electron chi connectivity index (χ4n) is 3.49. The van der Waals surface area contributed by atoms with Gasteiger partial charge in [-0.15, -0.1) is 0 Å². The van der Waals surface area contributed by atoms with E-state index < -0.39 is 0 Å². The minimum absolute atomic E-state index is 0.138. The van der Waals surface area contributed by atoms with Crippen LogP contribution in [-0.2, 0) is 22.5 Å². The Morgan fingerprint density at radius 3 is 2.41 bits per heavy atom. The second-order valence-electron chi connectivity index (χ2n) is 7.75. The number of hydrogen-bond acceptors (Lipinski definition) is 4.